The van der Waals surface area contributed by atoms with Crippen molar-refractivity contribution in [3.63, 3.8) is 0 Å². The van der Waals surface area contributed by atoms with Crippen LogP contribution in [-0.4, -0.2) is 46.3 Å². The average Bonchev–Trinajstić information content (AvgIpc) is 2.71. The summed E-state index contributed by atoms with van der Waals surface area (Å²) in [6.07, 6.45) is -0.285. The maximum Gasteiger partial charge on any atom is 0.348 e. The first kappa shape index (κ1) is 21.7. The number of carbonyl (C=O) groups is 2. The van der Waals surface area contributed by atoms with E-state index in [-0.39, 0.29) is 13.0 Å². The Bertz CT molecular complexity index is 1040. The van der Waals surface area contributed by atoms with Gasteiger partial charge in [0.15, 0.2) is 0 Å². The number of ether oxygens (including phenoxy) is 2. The molecule has 3 rings (SSSR count). The lowest BCUT2D eigenvalue weighted by molar-refractivity contribution is -0.148. The molecule has 0 saturated carbocycles. The SMILES string of the molecule is COC(=O)[C@@H]1CN(C(=O)C[C@@H](NS(C)(=O)=O)c2ccc(F)cc2)c2ccccc2O1. The standard InChI is InChI=1S/C20H21FN2O6S/c1-28-20(25)18-12-23(16-5-3-4-6-17(16)29-18)19(24)11-15(22-30(2,26)27)13-7-9-14(21)10-8-13/h3-10,15,18,22H,11-12H2,1-2H3/t15-,18+/m1/s1. The molecule has 2 aromatic carbocycles. The molecule has 0 spiro atoms. The van der Waals surface area contributed by atoms with E-state index in [4.69, 9.17) is 9.47 Å². The van der Waals surface area contributed by atoms with Crippen LogP contribution in [0.3, 0.4) is 0 Å². The first-order valence-corrected chi connectivity index (χ1v) is 10.9. The van der Waals surface area contributed by atoms with E-state index < -0.39 is 39.9 Å². The molecule has 0 aromatic heterocycles. The van der Waals surface area contributed by atoms with Crippen molar-refractivity contribution in [3.8, 4) is 5.75 Å². The zero-order chi connectivity index (χ0) is 21.9. The molecule has 160 valence electrons. The van der Waals surface area contributed by atoms with E-state index in [0.29, 0.717) is 17.0 Å². The molecule has 2 aromatic rings. The topological polar surface area (TPSA) is 102 Å². The van der Waals surface area contributed by atoms with Crippen molar-refractivity contribution in [1.29, 1.82) is 0 Å². The van der Waals surface area contributed by atoms with Gasteiger partial charge in [0.1, 0.15) is 11.6 Å². The number of esters is 1. The molecule has 30 heavy (non-hydrogen) atoms. The fourth-order valence-electron chi connectivity index (χ4n) is 3.19. The highest BCUT2D eigenvalue weighted by Crippen LogP contribution is 2.34. The predicted molar refractivity (Wildman–Crippen MR) is 107 cm³/mol. The maximum atomic E-state index is 13.3. The smallest absolute Gasteiger partial charge is 0.348 e. The Hall–Kier alpha value is -2.98. The number of carbonyl (C=O) groups excluding carboxylic acids is 2. The van der Waals surface area contributed by atoms with Gasteiger partial charge in [-0.1, -0.05) is 24.3 Å². The number of amides is 1. The molecule has 1 heterocycles. The van der Waals surface area contributed by atoms with E-state index in [9.17, 15) is 22.4 Å². The van der Waals surface area contributed by atoms with Gasteiger partial charge in [-0.15, -0.1) is 0 Å². The minimum atomic E-state index is -3.66. The number of sulfonamides is 1. The molecule has 0 unspecified atom stereocenters. The van der Waals surface area contributed by atoms with Crippen molar-refractivity contribution in [2.45, 2.75) is 18.6 Å². The van der Waals surface area contributed by atoms with Crippen LogP contribution in [0.15, 0.2) is 48.5 Å². The van der Waals surface area contributed by atoms with Gasteiger partial charge in [-0.3, -0.25) is 4.79 Å². The molecule has 0 aliphatic carbocycles. The maximum absolute atomic E-state index is 13.3. The summed E-state index contributed by atoms with van der Waals surface area (Å²) >= 11 is 0. The van der Waals surface area contributed by atoms with Crippen LogP contribution in [0, 0.1) is 5.82 Å². The number of nitrogens with one attached hydrogen (secondary N) is 1. The third kappa shape index (κ3) is 5.14. The molecule has 0 saturated heterocycles. The van der Waals surface area contributed by atoms with Crippen molar-refractivity contribution in [1.82, 2.24) is 4.72 Å². The molecule has 0 radical (unpaired) electrons. The Balaban J connectivity index is 1.90. The molecule has 1 amide bonds. The summed E-state index contributed by atoms with van der Waals surface area (Å²) in [6, 6.07) is 11.0. The minimum Gasteiger partial charge on any atom is -0.475 e. The normalized spacial score (nSPS) is 16.9. The molecule has 0 bridgehead atoms. The lowest BCUT2D eigenvalue weighted by atomic mass is 10.0. The Morgan fingerprint density at radius 3 is 2.53 bits per heavy atom. The highest BCUT2D eigenvalue weighted by Gasteiger charge is 2.35. The van der Waals surface area contributed by atoms with Gasteiger partial charge < -0.3 is 14.4 Å². The molecule has 1 aliphatic rings. The van der Waals surface area contributed by atoms with Crippen molar-refractivity contribution < 1.29 is 31.9 Å². The van der Waals surface area contributed by atoms with Crippen LogP contribution in [-0.2, 0) is 24.3 Å². The van der Waals surface area contributed by atoms with Crippen LogP contribution in [0.1, 0.15) is 18.0 Å². The number of hydrogen-bond acceptors (Lipinski definition) is 6. The second-order valence-electron chi connectivity index (χ2n) is 6.80. The third-order valence-electron chi connectivity index (χ3n) is 4.55. The lowest BCUT2D eigenvalue weighted by Gasteiger charge is -2.34. The van der Waals surface area contributed by atoms with Crippen molar-refractivity contribution in [2.24, 2.45) is 0 Å². The van der Waals surface area contributed by atoms with E-state index in [1.165, 1.54) is 36.3 Å². The molecule has 8 nitrogen and oxygen atoms in total. The van der Waals surface area contributed by atoms with Crippen molar-refractivity contribution in [3.05, 3.63) is 59.9 Å². The lowest BCUT2D eigenvalue weighted by Crippen LogP contribution is -2.48. The van der Waals surface area contributed by atoms with Gasteiger partial charge in [0.05, 0.1) is 31.6 Å². The second-order valence-corrected chi connectivity index (χ2v) is 8.58. The highest BCUT2D eigenvalue weighted by atomic mass is 32.2. The minimum absolute atomic E-state index is 0.0858. The van der Waals surface area contributed by atoms with Gasteiger partial charge in [0.2, 0.25) is 22.0 Å². The van der Waals surface area contributed by atoms with Crippen LogP contribution in [0.25, 0.3) is 0 Å². The molecule has 1 aliphatic heterocycles. The molecule has 2 atom stereocenters. The van der Waals surface area contributed by atoms with Crippen LogP contribution < -0.4 is 14.4 Å². The number of benzene rings is 2. The van der Waals surface area contributed by atoms with E-state index in [1.807, 2.05) is 0 Å². The van der Waals surface area contributed by atoms with E-state index in [0.717, 1.165) is 6.26 Å². The summed E-state index contributed by atoms with van der Waals surface area (Å²) < 4.78 is 49.7. The number of methoxy groups -OCH3 is 1. The van der Waals surface area contributed by atoms with Gasteiger partial charge in [0.25, 0.3) is 0 Å². The van der Waals surface area contributed by atoms with Crippen LogP contribution in [0.2, 0.25) is 0 Å². The summed E-state index contributed by atoms with van der Waals surface area (Å²) in [6.45, 7) is -0.0858. The van der Waals surface area contributed by atoms with Gasteiger partial charge in [0, 0.05) is 6.42 Å². The summed E-state index contributed by atoms with van der Waals surface area (Å²) in [5.74, 6) is -1.22. The van der Waals surface area contributed by atoms with Crippen LogP contribution in [0.4, 0.5) is 10.1 Å². The molecular formula is C20H21FN2O6S. The van der Waals surface area contributed by atoms with Crippen molar-refractivity contribution >= 4 is 27.6 Å². The Kier molecular flexibility index (Phi) is 6.37. The van der Waals surface area contributed by atoms with Crippen LogP contribution in [0.5, 0.6) is 5.75 Å². The van der Waals surface area contributed by atoms with Gasteiger partial charge in [-0.05, 0) is 29.8 Å². The number of nitrogens with zero attached hydrogens (tertiary/aromatic N) is 1. The van der Waals surface area contributed by atoms with Gasteiger partial charge in [-0.25, -0.2) is 22.3 Å². The number of para-hydroxylation sites is 2. The number of halogens is 1. The quantitative estimate of drug-likeness (QED) is 0.693. The van der Waals surface area contributed by atoms with E-state index >= 15 is 0 Å². The molecule has 1 N–H and O–H groups in total. The monoisotopic (exact) mass is 436 g/mol. The van der Waals surface area contributed by atoms with E-state index in [1.54, 1.807) is 24.3 Å². The largest absolute Gasteiger partial charge is 0.475 e. The van der Waals surface area contributed by atoms with Crippen molar-refractivity contribution in [2.75, 3.05) is 24.8 Å². The summed E-state index contributed by atoms with van der Waals surface area (Å²) in [5, 5.41) is 0. The fourth-order valence-corrected chi connectivity index (χ4v) is 3.93. The number of anilines is 1. The molecular weight excluding hydrogens is 415 g/mol. The summed E-state index contributed by atoms with van der Waals surface area (Å²) in [4.78, 5) is 26.5. The first-order valence-electron chi connectivity index (χ1n) is 9.04. The second kappa shape index (κ2) is 8.80. The average molecular weight is 436 g/mol. The summed E-state index contributed by atoms with van der Waals surface area (Å²) in [5.41, 5.74) is 0.890. The van der Waals surface area contributed by atoms with Crippen LogP contribution >= 0.6 is 0 Å². The Morgan fingerprint density at radius 1 is 1.23 bits per heavy atom. The Morgan fingerprint density at radius 2 is 1.90 bits per heavy atom. The number of rotatable bonds is 6. The Labute approximate surface area is 173 Å². The summed E-state index contributed by atoms with van der Waals surface area (Å²) in [7, 11) is -2.44. The predicted octanol–water partition coefficient (Wildman–Crippen LogP) is 1.77. The fraction of sp³-hybridized carbons (Fsp3) is 0.300. The zero-order valence-electron chi connectivity index (χ0n) is 16.4. The van der Waals surface area contributed by atoms with E-state index in [2.05, 4.69) is 4.72 Å². The first-order chi connectivity index (χ1) is 14.2. The van der Waals surface area contributed by atoms with Gasteiger partial charge >= 0.3 is 5.97 Å². The number of hydrogen-bond donors (Lipinski definition) is 1. The number of fused-ring (bicyclic) bond motifs is 1. The van der Waals surface area contributed by atoms with Gasteiger partial charge in [-0.2, -0.15) is 0 Å². The zero-order valence-corrected chi connectivity index (χ0v) is 17.2. The molecule has 0 fully saturated rings. The third-order valence-corrected chi connectivity index (χ3v) is 5.26. The molecule has 10 heteroatoms. The highest BCUT2D eigenvalue weighted by molar-refractivity contribution is 7.88.